The van der Waals surface area contributed by atoms with Crippen molar-refractivity contribution in [2.75, 3.05) is 24.7 Å². The number of fused-ring (bicyclic) bond motifs is 1. The lowest BCUT2D eigenvalue weighted by Gasteiger charge is -2.24. The van der Waals surface area contributed by atoms with Gasteiger partial charge in [-0.2, -0.15) is 4.90 Å². The summed E-state index contributed by atoms with van der Waals surface area (Å²) in [6.07, 6.45) is -1.14. The highest BCUT2D eigenvalue weighted by Crippen LogP contribution is 2.26. The van der Waals surface area contributed by atoms with Gasteiger partial charge >= 0.3 is 18.2 Å². The Morgan fingerprint density at radius 1 is 1.09 bits per heavy atom. The Kier molecular flexibility index (Phi) is 4.98. The lowest BCUT2D eigenvalue weighted by atomic mass is 10.1. The Balaban J connectivity index is 2.41. The highest BCUT2D eigenvalue weighted by molar-refractivity contribution is 6.15. The molecule has 0 N–H and O–H groups in total. The number of ether oxygens (including phenoxy) is 2. The number of anilines is 1. The summed E-state index contributed by atoms with van der Waals surface area (Å²) >= 11 is 0. The molecule has 7 heteroatoms. The van der Waals surface area contributed by atoms with Crippen LogP contribution in [0.25, 0.3) is 0 Å². The van der Waals surface area contributed by atoms with Crippen LogP contribution >= 0.6 is 0 Å². The fourth-order valence-electron chi connectivity index (χ4n) is 2.23. The SMILES string of the molecule is CCOC(=O)N1CCc2ccccc2N(C(=O)OCC)C1=O. The topological polar surface area (TPSA) is 76.2 Å². The van der Waals surface area contributed by atoms with Gasteiger partial charge in [0.2, 0.25) is 0 Å². The highest BCUT2D eigenvalue weighted by Gasteiger charge is 2.37. The van der Waals surface area contributed by atoms with Crippen LogP contribution in [0.1, 0.15) is 19.4 Å². The first kappa shape index (κ1) is 15.8. The maximum atomic E-state index is 12.6. The third-order valence-electron chi connectivity index (χ3n) is 3.20. The summed E-state index contributed by atoms with van der Waals surface area (Å²) in [5.41, 5.74) is 1.22. The zero-order valence-electron chi connectivity index (χ0n) is 12.6. The van der Waals surface area contributed by atoms with Gasteiger partial charge in [-0.25, -0.2) is 19.3 Å². The van der Waals surface area contributed by atoms with Crippen LogP contribution < -0.4 is 4.90 Å². The number of amides is 4. The van der Waals surface area contributed by atoms with Crippen molar-refractivity contribution in [1.29, 1.82) is 0 Å². The third-order valence-corrected chi connectivity index (χ3v) is 3.20. The van der Waals surface area contributed by atoms with E-state index >= 15 is 0 Å². The van der Waals surface area contributed by atoms with Gasteiger partial charge in [0.25, 0.3) is 0 Å². The summed E-state index contributed by atoms with van der Waals surface area (Å²) in [5, 5.41) is 0. The molecule has 1 aliphatic heterocycles. The summed E-state index contributed by atoms with van der Waals surface area (Å²) in [6.45, 7) is 3.72. The molecule has 2 rings (SSSR count). The van der Waals surface area contributed by atoms with Crippen LogP contribution in [0.4, 0.5) is 20.1 Å². The zero-order chi connectivity index (χ0) is 16.1. The standard InChI is InChI=1S/C15H18N2O5/c1-3-21-14(19)16-10-9-11-7-5-6-8-12(11)17(13(16)18)15(20)22-4-2/h5-8H,3-4,9-10H2,1-2H3. The van der Waals surface area contributed by atoms with Crippen LogP contribution in [-0.2, 0) is 15.9 Å². The van der Waals surface area contributed by atoms with Crippen LogP contribution in [0.3, 0.4) is 0 Å². The van der Waals surface area contributed by atoms with Gasteiger partial charge in [-0.1, -0.05) is 18.2 Å². The molecule has 22 heavy (non-hydrogen) atoms. The number of hydrogen-bond acceptors (Lipinski definition) is 5. The van der Waals surface area contributed by atoms with Gasteiger partial charge in [-0.3, -0.25) is 0 Å². The Morgan fingerprint density at radius 2 is 1.73 bits per heavy atom. The molecule has 0 radical (unpaired) electrons. The molecule has 0 bridgehead atoms. The first-order valence-corrected chi connectivity index (χ1v) is 7.13. The van der Waals surface area contributed by atoms with Crippen molar-refractivity contribution >= 4 is 23.9 Å². The zero-order valence-corrected chi connectivity index (χ0v) is 12.6. The fraction of sp³-hybridized carbons (Fsp3) is 0.400. The molecule has 0 unspecified atom stereocenters. The second-order valence-corrected chi connectivity index (χ2v) is 4.55. The summed E-state index contributed by atoms with van der Waals surface area (Å²) < 4.78 is 9.82. The molecule has 0 atom stereocenters. The van der Waals surface area contributed by atoms with Crippen molar-refractivity contribution in [3.05, 3.63) is 29.8 Å². The van der Waals surface area contributed by atoms with Crippen LogP contribution in [0.2, 0.25) is 0 Å². The van der Waals surface area contributed by atoms with E-state index in [-0.39, 0.29) is 19.8 Å². The second-order valence-electron chi connectivity index (χ2n) is 4.55. The molecule has 0 saturated heterocycles. The highest BCUT2D eigenvalue weighted by atomic mass is 16.6. The predicted molar refractivity (Wildman–Crippen MR) is 78.8 cm³/mol. The van der Waals surface area contributed by atoms with Crippen molar-refractivity contribution in [3.63, 3.8) is 0 Å². The minimum Gasteiger partial charge on any atom is -0.449 e. The molecule has 0 aromatic heterocycles. The molecule has 1 heterocycles. The summed E-state index contributed by atoms with van der Waals surface area (Å²) in [7, 11) is 0. The van der Waals surface area contributed by atoms with Gasteiger partial charge in [0, 0.05) is 6.54 Å². The number of nitrogens with zero attached hydrogens (tertiary/aromatic N) is 2. The van der Waals surface area contributed by atoms with E-state index in [1.54, 1.807) is 26.0 Å². The number of imide groups is 2. The number of benzene rings is 1. The molecule has 0 spiro atoms. The van der Waals surface area contributed by atoms with E-state index in [0.717, 1.165) is 15.4 Å². The number of carbonyl (C=O) groups excluding carboxylic acids is 3. The molecule has 1 aromatic rings. The van der Waals surface area contributed by atoms with E-state index in [1.807, 2.05) is 12.1 Å². The summed E-state index contributed by atoms with van der Waals surface area (Å²) in [6, 6.07) is 6.23. The Bertz CT molecular complexity index is 587. The largest absolute Gasteiger partial charge is 0.449 e. The minimum atomic E-state index is -0.809. The van der Waals surface area contributed by atoms with Gasteiger partial charge in [0.1, 0.15) is 0 Å². The Morgan fingerprint density at radius 3 is 2.41 bits per heavy atom. The molecule has 1 aliphatic rings. The number of para-hydroxylation sites is 1. The van der Waals surface area contributed by atoms with Gasteiger partial charge in [-0.05, 0) is 31.9 Å². The molecule has 7 nitrogen and oxygen atoms in total. The summed E-state index contributed by atoms with van der Waals surface area (Å²) in [5.74, 6) is 0. The molecular weight excluding hydrogens is 288 g/mol. The lowest BCUT2D eigenvalue weighted by molar-refractivity contribution is 0.115. The summed E-state index contributed by atoms with van der Waals surface area (Å²) in [4.78, 5) is 38.5. The molecule has 1 aromatic carbocycles. The first-order valence-electron chi connectivity index (χ1n) is 7.13. The van der Waals surface area contributed by atoms with Gasteiger partial charge in [0.15, 0.2) is 0 Å². The average molecular weight is 306 g/mol. The van der Waals surface area contributed by atoms with Crippen molar-refractivity contribution < 1.29 is 23.9 Å². The van der Waals surface area contributed by atoms with E-state index in [9.17, 15) is 14.4 Å². The van der Waals surface area contributed by atoms with Gasteiger partial charge < -0.3 is 9.47 Å². The van der Waals surface area contributed by atoms with Crippen molar-refractivity contribution in [3.8, 4) is 0 Å². The quantitative estimate of drug-likeness (QED) is 0.839. The average Bonchev–Trinajstić information content (AvgIpc) is 2.64. The molecule has 0 aliphatic carbocycles. The number of urea groups is 1. The van der Waals surface area contributed by atoms with Crippen molar-refractivity contribution in [1.82, 2.24) is 4.90 Å². The second kappa shape index (κ2) is 6.93. The maximum absolute atomic E-state index is 12.6. The van der Waals surface area contributed by atoms with E-state index in [0.29, 0.717) is 12.1 Å². The third kappa shape index (κ3) is 3.03. The van der Waals surface area contributed by atoms with Crippen molar-refractivity contribution in [2.24, 2.45) is 0 Å². The maximum Gasteiger partial charge on any atom is 0.422 e. The van der Waals surface area contributed by atoms with Crippen LogP contribution in [0.5, 0.6) is 0 Å². The van der Waals surface area contributed by atoms with Crippen LogP contribution in [0.15, 0.2) is 24.3 Å². The van der Waals surface area contributed by atoms with Crippen LogP contribution in [0, 0.1) is 0 Å². The van der Waals surface area contributed by atoms with Crippen molar-refractivity contribution in [2.45, 2.75) is 20.3 Å². The number of rotatable bonds is 2. The monoisotopic (exact) mass is 306 g/mol. The Labute approximate surface area is 128 Å². The first-order chi connectivity index (χ1) is 10.6. The lowest BCUT2D eigenvalue weighted by Crippen LogP contribution is -2.48. The van der Waals surface area contributed by atoms with E-state index in [4.69, 9.17) is 9.47 Å². The van der Waals surface area contributed by atoms with E-state index in [1.165, 1.54) is 0 Å². The van der Waals surface area contributed by atoms with E-state index in [2.05, 4.69) is 0 Å². The molecule has 0 saturated carbocycles. The van der Waals surface area contributed by atoms with Crippen LogP contribution in [-0.4, -0.2) is 42.9 Å². The Hall–Kier alpha value is -2.57. The number of carbonyl (C=O) groups is 3. The molecular formula is C15H18N2O5. The number of hydrogen-bond donors (Lipinski definition) is 0. The fourth-order valence-corrected chi connectivity index (χ4v) is 2.23. The smallest absolute Gasteiger partial charge is 0.422 e. The molecule has 0 fully saturated rings. The molecule has 118 valence electrons. The van der Waals surface area contributed by atoms with Gasteiger partial charge in [-0.15, -0.1) is 0 Å². The molecule has 4 amide bonds. The predicted octanol–water partition coefficient (Wildman–Crippen LogP) is 2.78. The van der Waals surface area contributed by atoms with E-state index < -0.39 is 18.2 Å². The normalized spacial score (nSPS) is 14.2. The minimum absolute atomic E-state index is 0.129. The van der Waals surface area contributed by atoms with Gasteiger partial charge in [0.05, 0.1) is 18.9 Å².